The first kappa shape index (κ1) is 19.5. The van der Waals surface area contributed by atoms with Crippen molar-refractivity contribution in [3.8, 4) is 22.9 Å². The van der Waals surface area contributed by atoms with Crippen molar-refractivity contribution in [2.24, 2.45) is 0 Å². The second-order valence-electron chi connectivity index (χ2n) is 6.86. The molecule has 1 aromatic heterocycles. The Labute approximate surface area is 164 Å². The van der Waals surface area contributed by atoms with Gasteiger partial charge in [-0.05, 0) is 50.8 Å². The van der Waals surface area contributed by atoms with Crippen molar-refractivity contribution in [1.29, 1.82) is 5.26 Å². The number of benzene rings is 1. The van der Waals surface area contributed by atoms with Gasteiger partial charge in [0.15, 0.2) is 0 Å². The Bertz CT molecular complexity index is 913. The van der Waals surface area contributed by atoms with E-state index in [9.17, 15) is 10.1 Å². The zero-order chi connectivity index (χ0) is 19.4. The first-order valence-corrected chi connectivity index (χ1v) is 9.53. The Hall–Kier alpha value is -2.29. The summed E-state index contributed by atoms with van der Waals surface area (Å²) in [5.74, 6) is 0.528. The van der Waals surface area contributed by atoms with Crippen LogP contribution in [-0.4, -0.2) is 24.4 Å². The molecule has 0 saturated heterocycles. The van der Waals surface area contributed by atoms with Crippen LogP contribution >= 0.6 is 11.6 Å². The maximum Gasteiger partial charge on any atom is 0.251 e. The molecule has 3 rings (SSSR count). The maximum atomic E-state index is 12.7. The average Bonchev–Trinajstić information content (AvgIpc) is 2.63. The van der Waals surface area contributed by atoms with E-state index in [1.807, 2.05) is 6.92 Å². The third-order valence-corrected chi connectivity index (χ3v) is 5.31. The Morgan fingerprint density at radius 2 is 2.11 bits per heavy atom. The molecular weight excluding hydrogens is 364 g/mol. The summed E-state index contributed by atoms with van der Waals surface area (Å²) in [6.45, 7) is 2.62. The third-order valence-electron chi connectivity index (χ3n) is 5.07. The van der Waals surface area contributed by atoms with Crippen LogP contribution in [0, 0.1) is 11.3 Å². The van der Waals surface area contributed by atoms with Crippen molar-refractivity contribution in [3.63, 3.8) is 0 Å². The zero-order valence-electron chi connectivity index (χ0n) is 15.6. The molecule has 0 spiro atoms. The summed E-state index contributed by atoms with van der Waals surface area (Å²) in [6.07, 6.45) is 6.35. The molecule has 1 fully saturated rings. The Kier molecular flexibility index (Phi) is 6.20. The molecule has 142 valence electrons. The molecule has 1 saturated carbocycles. The minimum atomic E-state index is -0.147. The molecule has 1 heterocycles. The first-order chi connectivity index (χ1) is 13.0. The van der Waals surface area contributed by atoms with E-state index in [0.717, 1.165) is 19.3 Å². The molecule has 6 heteroatoms. The number of hydrogen-bond acceptors (Lipinski definition) is 4. The summed E-state index contributed by atoms with van der Waals surface area (Å²) < 4.78 is 13.0. The molecule has 27 heavy (non-hydrogen) atoms. The molecule has 1 aliphatic rings. The van der Waals surface area contributed by atoms with Crippen LogP contribution in [0.25, 0.3) is 11.1 Å². The van der Waals surface area contributed by atoms with Gasteiger partial charge in [-0.15, -0.1) is 0 Å². The van der Waals surface area contributed by atoms with Crippen LogP contribution in [-0.2, 0) is 4.74 Å². The fourth-order valence-corrected chi connectivity index (χ4v) is 3.34. The van der Waals surface area contributed by atoms with E-state index in [0.29, 0.717) is 40.2 Å². The average molecular weight is 387 g/mol. The van der Waals surface area contributed by atoms with E-state index in [-0.39, 0.29) is 11.6 Å². The molecule has 0 amide bonds. The van der Waals surface area contributed by atoms with Gasteiger partial charge in [-0.1, -0.05) is 11.6 Å². The van der Waals surface area contributed by atoms with E-state index in [4.69, 9.17) is 21.1 Å². The Morgan fingerprint density at radius 3 is 2.74 bits per heavy atom. The quantitative estimate of drug-likeness (QED) is 0.699. The van der Waals surface area contributed by atoms with Crippen LogP contribution in [0.5, 0.6) is 5.75 Å². The number of rotatable bonds is 7. The number of nitriles is 1. The zero-order valence-corrected chi connectivity index (χ0v) is 16.3. The first-order valence-electron chi connectivity index (χ1n) is 9.15. The summed E-state index contributed by atoms with van der Waals surface area (Å²) in [5.41, 5.74) is 1.45. The Balaban J connectivity index is 1.88. The maximum absolute atomic E-state index is 12.7. The molecule has 0 radical (unpaired) electrons. The van der Waals surface area contributed by atoms with Gasteiger partial charge in [0.05, 0.1) is 31.0 Å². The molecule has 2 aromatic rings. The summed E-state index contributed by atoms with van der Waals surface area (Å²) in [4.78, 5) is 12.7. The largest absolute Gasteiger partial charge is 0.495 e. The highest BCUT2D eigenvalue weighted by Gasteiger charge is 2.19. The van der Waals surface area contributed by atoms with Gasteiger partial charge in [-0.2, -0.15) is 5.26 Å². The highest BCUT2D eigenvalue weighted by molar-refractivity contribution is 6.31. The van der Waals surface area contributed by atoms with E-state index < -0.39 is 0 Å². The summed E-state index contributed by atoms with van der Waals surface area (Å²) in [7, 11) is 1.55. The second-order valence-corrected chi connectivity index (χ2v) is 7.30. The minimum absolute atomic E-state index is 0.0182. The summed E-state index contributed by atoms with van der Waals surface area (Å²) in [6, 6.07) is 8.60. The molecular formula is C21H23ClN2O3. The summed E-state index contributed by atoms with van der Waals surface area (Å²) >= 11 is 6.09. The molecule has 1 atom stereocenters. The molecule has 0 aliphatic heterocycles. The van der Waals surface area contributed by atoms with Gasteiger partial charge in [0.2, 0.25) is 0 Å². The van der Waals surface area contributed by atoms with E-state index in [1.165, 1.54) is 12.5 Å². The van der Waals surface area contributed by atoms with Crippen LogP contribution in [0.4, 0.5) is 0 Å². The number of methoxy groups -OCH3 is 1. The number of nitrogens with zero attached hydrogens (tertiary/aromatic N) is 2. The fourth-order valence-electron chi connectivity index (χ4n) is 3.16. The summed E-state index contributed by atoms with van der Waals surface area (Å²) in [5, 5.41) is 9.88. The lowest BCUT2D eigenvalue weighted by Gasteiger charge is -2.26. The van der Waals surface area contributed by atoms with Gasteiger partial charge in [0.25, 0.3) is 5.56 Å². The van der Waals surface area contributed by atoms with Crippen LogP contribution < -0.4 is 10.3 Å². The highest BCUT2D eigenvalue weighted by Crippen LogP contribution is 2.33. The number of ether oxygens (including phenoxy) is 2. The monoisotopic (exact) mass is 386 g/mol. The topological polar surface area (TPSA) is 64.2 Å². The Morgan fingerprint density at radius 1 is 1.33 bits per heavy atom. The van der Waals surface area contributed by atoms with Gasteiger partial charge in [0.1, 0.15) is 5.75 Å². The lowest BCUT2D eigenvalue weighted by atomic mass is 9.96. The minimum Gasteiger partial charge on any atom is -0.495 e. The van der Waals surface area contributed by atoms with Gasteiger partial charge in [0, 0.05) is 34.9 Å². The van der Waals surface area contributed by atoms with Crippen LogP contribution in [0.15, 0.2) is 35.3 Å². The molecule has 1 aliphatic carbocycles. The van der Waals surface area contributed by atoms with E-state index in [1.54, 1.807) is 36.1 Å². The van der Waals surface area contributed by atoms with Crippen LogP contribution in [0.1, 0.15) is 44.2 Å². The fraction of sp³-hybridized carbons (Fsp3) is 0.429. The smallest absolute Gasteiger partial charge is 0.251 e. The molecule has 1 unspecified atom stereocenters. The SMILES string of the molecule is COc1cn(C(C)CCOC2CCC2)c(=O)cc1-c1cc(Cl)ccc1C#N. The van der Waals surface area contributed by atoms with E-state index >= 15 is 0 Å². The number of aromatic nitrogens is 1. The van der Waals surface area contributed by atoms with Crippen molar-refractivity contribution in [2.75, 3.05) is 13.7 Å². The van der Waals surface area contributed by atoms with Gasteiger partial charge in [-0.3, -0.25) is 4.79 Å². The third kappa shape index (κ3) is 4.35. The van der Waals surface area contributed by atoms with Crippen molar-refractivity contribution in [3.05, 3.63) is 51.4 Å². The molecule has 0 N–H and O–H groups in total. The van der Waals surface area contributed by atoms with Crippen LogP contribution in [0.3, 0.4) is 0 Å². The predicted molar refractivity (Wildman–Crippen MR) is 105 cm³/mol. The van der Waals surface area contributed by atoms with Crippen molar-refractivity contribution >= 4 is 11.6 Å². The number of halogens is 1. The molecule has 0 bridgehead atoms. The predicted octanol–water partition coefficient (Wildman–Crippen LogP) is 4.57. The lowest BCUT2D eigenvalue weighted by Crippen LogP contribution is -2.26. The molecule has 5 nitrogen and oxygen atoms in total. The standard InChI is InChI=1S/C21H23ClN2O3/c1-14(8-9-27-17-4-3-5-17)24-13-20(26-2)19(11-21(24)25)18-10-16(22)7-6-15(18)12-23/h6-7,10-11,13-14,17H,3-5,8-9H2,1-2H3. The van der Waals surface area contributed by atoms with Gasteiger partial charge in [-0.25, -0.2) is 0 Å². The molecule has 1 aromatic carbocycles. The van der Waals surface area contributed by atoms with Crippen LogP contribution in [0.2, 0.25) is 5.02 Å². The van der Waals surface area contributed by atoms with Gasteiger partial charge < -0.3 is 14.0 Å². The van der Waals surface area contributed by atoms with Gasteiger partial charge >= 0.3 is 0 Å². The number of pyridine rings is 1. The second kappa shape index (κ2) is 8.60. The van der Waals surface area contributed by atoms with Crippen molar-refractivity contribution < 1.29 is 9.47 Å². The van der Waals surface area contributed by atoms with Crippen molar-refractivity contribution in [2.45, 2.75) is 44.8 Å². The number of hydrogen-bond donors (Lipinski definition) is 0. The van der Waals surface area contributed by atoms with Crippen molar-refractivity contribution in [1.82, 2.24) is 4.57 Å². The highest BCUT2D eigenvalue weighted by atomic mass is 35.5. The lowest BCUT2D eigenvalue weighted by molar-refractivity contribution is -0.00248. The van der Waals surface area contributed by atoms with E-state index in [2.05, 4.69) is 6.07 Å². The normalized spacial score (nSPS) is 15.0.